The van der Waals surface area contributed by atoms with E-state index in [2.05, 4.69) is 17.4 Å². The second-order valence-electron chi connectivity index (χ2n) is 4.27. The Kier molecular flexibility index (Phi) is 4.83. The van der Waals surface area contributed by atoms with Gasteiger partial charge in [-0.15, -0.1) is 0 Å². The molecule has 0 amide bonds. The molecular formula is C16H18ClNO. The molecule has 0 aliphatic carbocycles. The van der Waals surface area contributed by atoms with Gasteiger partial charge in [0.2, 0.25) is 0 Å². The van der Waals surface area contributed by atoms with Crippen LogP contribution in [0.2, 0.25) is 5.02 Å². The van der Waals surface area contributed by atoms with Gasteiger partial charge in [-0.3, -0.25) is 0 Å². The third-order valence-electron chi connectivity index (χ3n) is 2.91. The average molecular weight is 276 g/mol. The zero-order chi connectivity index (χ0) is 13.7. The Hall–Kier alpha value is -1.51. The van der Waals surface area contributed by atoms with Crippen LogP contribution in [0.5, 0.6) is 5.75 Å². The summed E-state index contributed by atoms with van der Waals surface area (Å²) >= 11 is 6.19. The van der Waals surface area contributed by atoms with Crippen molar-refractivity contribution in [1.29, 1.82) is 0 Å². The largest absolute Gasteiger partial charge is 0.493 e. The van der Waals surface area contributed by atoms with Crippen LogP contribution in [-0.2, 0) is 6.54 Å². The molecule has 0 saturated carbocycles. The van der Waals surface area contributed by atoms with Crippen molar-refractivity contribution in [3.63, 3.8) is 0 Å². The fraction of sp³-hybridized carbons (Fsp3) is 0.250. The molecule has 2 rings (SSSR count). The molecular weight excluding hydrogens is 258 g/mol. The van der Waals surface area contributed by atoms with Gasteiger partial charge in [-0.1, -0.05) is 35.9 Å². The molecule has 2 aromatic carbocycles. The van der Waals surface area contributed by atoms with Crippen molar-refractivity contribution in [2.75, 3.05) is 13.7 Å². The zero-order valence-electron chi connectivity index (χ0n) is 11.2. The Morgan fingerprint density at radius 3 is 2.68 bits per heavy atom. The number of hydrogen-bond donors (Lipinski definition) is 1. The van der Waals surface area contributed by atoms with Crippen LogP contribution in [0.1, 0.15) is 12.5 Å². The smallest absolute Gasteiger partial charge is 0.127 e. The van der Waals surface area contributed by atoms with E-state index in [4.69, 9.17) is 16.3 Å². The first-order chi connectivity index (χ1) is 9.26. The van der Waals surface area contributed by atoms with E-state index in [1.54, 1.807) is 0 Å². The van der Waals surface area contributed by atoms with Crippen LogP contribution >= 0.6 is 11.6 Å². The topological polar surface area (TPSA) is 21.3 Å². The molecule has 1 N–H and O–H groups in total. The van der Waals surface area contributed by atoms with Crippen LogP contribution in [0.4, 0.5) is 0 Å². The van der Waals surface area contributed by atoms with Gasteiger partial charge in [0.25, 0.3) is 0 Å². The third-order valence-corrected chi connectivity index (χ3v) is 3.28. The molecule has 0 aliphatic heterocycles. The summed E-state index contributed by atoms with van der Waals surface area (Å²) in [4.78, 5) is 0. The van der Waals surface area contributed by atoms with Crippen molar-refractivity contribution in [3.05, 3.63) is 53.1 Å². The van der Waals surface area contributed by atoms with E-state index in [0.717, 1.165) is 34.0 Å². The van der Waals surface area contributed by atoms with Crippen LogP contribution in [0, 0.1) is 0 Å². The number of benzene rings is 2. The number of rotatable bonds is 5. The molecule has 0 radical (unpaired) electrons. The summed E-state index contributed by atoms with van der Waals surface area (Å²) in [5.74, 6) is 0.905. The lowest BCUT2D eigenvalue weighted by Crippen LogP contribution is -2.05. The number of ether oxygens (including phenoxy) is 1. The van der Waals surface area contributed by atoms with E-state index in [9.17, 15) is 0 Å². The van der Waals surface area contributed by atoms with Gasteiger partial charge in [-0.25, -0.2) is 0 Å². The summed E-state index contributed by atoms with van der Waals surface area (Å²) in [6.07, 6.45) is 0. The quantitative estimate of drug-likeness (QED) is 0.886. The second-order valence-corrected chi connectivity index (χ2v) is 4.67. The van der Waals surface area contributed by atoms with Crippen molar-refractivity contribution in [2.24, 2.45) is 0 Å². The summed E-state index contributed by atoms with van der Waals surface area (Å²) in [5, 5.41) is 3.91. The highest BCUT2D eigenvalue weighted by Crippen LogP contribution is 2.32. The summed E-state index contributed by atoms with van der Waals surface area (Å²) in [6, 6.07) is 14.1. The minimum atomic E-state index is 0.661. The number of para-hydroxylation sites is 1. The molecule has 0 unspecified atom stereocenters. The maximum absolute atomic E-state index is 6.19. The maximum Gasteiger partial charge on any atom is 0.127 e. The molecule has 0 aromatic heterocycles. The Morgan fingerprint density at radius 2 is 1.95 bits per heavy atom. The van der Waals surface area contributed by atoms with E-state index < -0.39 is 0 Å². The fourth-order valence-electron chi connectivity index (χ4n) is 2.05. The Morgan fingerprint density at radius 1 is 1.16 bits per heavy atom. The SMILES string of the molecule is CCOc1ccccc1-c1ccc(Cl)c(CNC)c1. The fourth-order valence-corrected chi connectivity index (χ4v) is 2.24. The van der Waals surface area contributed by atoms with Crippen LogP contribution in [0.3, 0.4) is 0 Å². The molecule has 2 nitrogen and oxygen atoms in total. The molecule has 2 aromatic rings. The molecule has 0 saturated heterocycles. The summed E-state index contributed by atoms with van der Waals surface area (Å²) in [5.41, 5.74) is 3.31. The van der Waals surface area contributed by atoms with Crippen LogP contribution in [0.25, 0.3) is 11.1 Å². The molecule has 0 heterocycles. The van der Waals surface area contributed by atoms with Crippen molar-refractivity contribution in [1.82, 2.24) is 5.32 Å². The minimum Gasteiger partial charge on any atom is -0.493 e. The first-order valence-electron chi connectivity index (χ1n) is 6.41. The predicted molar refractivity (Wildman–Crippen MR) is 80.8 cm³/mol. The van der Waals surface area contributed by atoms with E-state index in [0.29, 0.717) is 6.61 Å². The van der Waals surface area contributed by atoms with Gasteiger partial charge in [-0.05, 0) is 43.3 Å². The summed E-state index contributed by atoms with van der Waals surface area (Å²) in [6.45, 7) is 3.41. The normalized spacial score (nSPS) is 10.5. The first kappa shape index (κ1) is 13.9. The zero-order valence-corrected chi connectivity index (χ0v) is 12.0. The maximum atomic E-state index is 6.19. The Balaban J connectivity index is 2.44. The monoisotopic (exact) mass is 275 g/mol. The number of halogens is 1. The van der Waals surface area contributed by atoms with Gasteiger partial charge in [0, 0.05) is 17.1 Å². The third kappa shape index (κ3) is 3.28. The van der Waals surface area contributed by atoms with Gasteiger partial charge in [0.15, 0.2) is 0 Å². The van der Waals surface area contributed by atoms with Crippen LogP contribution < -0.4 is 10.1 Å². The lowest BCUT2D eigenvalue weighted by atomic mass is 10.0. The summed E-state index contributed by atoms with van der Waals surface area (Å²) < 4.78 is 5.67. The van der Waals surface area contributed by atoms with Crippen molar-refractivity contribution in [3.8, 4) is 16.9 Å². The van der Waals surface area contributed by atoms with Crippen LogP contribution in [0.15, 0.2) is 42.5 Å². The molecule has 19 heavy (non-hydrogen) atoms. The van der Waals surface area contributed by atoms with E-state index in [1.165, 1.54) is 0 Å². The van der Waals surface area contributed by atoms with Gasteiger partial charge in [0.1, 0.15) is 5.75 Å². The highest BCUT2D eigenvalue weighted by Gasteiger charge is 2.08. The van der Waals surface area contributed by atoms with E-state index >= 15 is 0 Å². The molecule has 3 heteroatoms. The van der Waals surface area contributed by atoms with Crippen molar-refractivity contribution >= 4 is 11.6 Å². The highest BCUT2D eigenvalue weighted by atomic mass is 35.5. The minimum absolute atomic E-state index is 0.661. The van der Waals surface area contributed by atoms with Gasteiger partial charge in [0.05, 0.1) is 6.61 Å². The average Bonchev–Trinajstić information content (AvgIpc) is 2.43. The number of hydrogen-bond acceptors (Lipinski definition) is 2. The van der Waals surface area contributed by atoms with Gasteiger partial charge >= 0.3 is 0 Å². The predicted octanol–water partition coefficient (Wildman–Crippen LogP) is 4.13. The lowest BCUT2D eigenvalue weighted by Gasteiger charge is -2.12. The van der Waals surface area contributed by atoms with E-state index in [-0.39, 0.29) is 0 Å². The van der Waals surface area contributed by atoms with Gasteiger partial charge < -0.3 is 10.1 Å². The standard InChI is InChI=1S/C16H18ClNO/c1-3-19-16-7-5-4-6-14(16)12-8-9-15(17)13(10-12)11-18-2/h4-10,18H,3,11H2,1-2H3. The second kappa shape index (κ2) is 6.60. The Labute approximate surface area is 119 Å². The van der Waals surface area contributed by atoms with Crippen molar-refractivity contribution in [2.45, 2.75) is 13.5 Å². The lowest BCUT2D eigenvalue weighted by molar-refractivity contribution is 0.341. The van der Waals surface area contributed by atoms with E-state index in [1.807, 2.05) is 44.3 Å². The summed E-state index contributed by atoms with van der Waals surface area (Å²) in [7, 11) is 1.91. The number of nitrogens with one attached hydrogen (secondary N) is 1. The van der Waals surface area contributed by atoms with Gasteiger partial charge in [-0.2, -0.15) is 0 Å². The molecule has 0 spiro atoms. The molecule has 0 atom stereocenters. The van der Waals surface area contributed by atoms with Crippen molar-refractivity contribution < 1.29 is 4.74 Å². The Bertz CT molecular complexity index is 554. The molecule has 0 fully saturated rings. The molecule has 0 bridgehead atoms. The molecule has 0 aliphatic rings. The van der Waals surface area contributed by atoms with Crippen LogP contribution in [-0.4, -0.2) is 13.7 Å². The first-order valence-corrected chi connectivity index (χ1v) is 6.79. The molecule has 100 valence electrons. The highest BCUT2D eigenvalue weighted by molar-refractivity contribution is 6.31.